The van der Waals surface area contributed by atoms with Crippen molar-refractivity contribution in [2.24, 2.45) is 0 Å². The molecule has 82 valence electrons. The van der Waals surface area contributed by atoms with Crippen LogP contribution in [0.2, 0.25) is 0 Å². The SMILES string of the molecule is Nc1cccc(CNc2ccccc2F)c1. The van der Waals surface area contributed by atoms with E-state index in [1.54, 1.807) is 18.2 Å². The van der Waals surface area contributed by atoms with Gasteiger partial charge in [0, 0.05) is 12.2 Å². The van der Waals surface area contributed by atoms with Gasteiger partial charge in [-0.05, 0) is 29.8 Å². The average Bonchev–Trinajstić information content (AvgIpc) is 2.28. The summed E-state index contributed by atoms with van der Waals surface area (Å²) in [6.45, 7) is 0.561. The van der Waals surface area contributed by atoms with Crippen LogP contribution in [0.5, 0.6) is 0 Å². The monoisotopic (exact) mass is 216 g/mol. The second-order valence-corrected chi connectivity index (χ2v) is 3.58. The summed E-state index contributed by atoms with van der Waals surface area (Å²) in [6, 6.07) is 14.1. The summed E-state index contributed by atoms with van der Waals surface area (Å²) in [5.74, 6) is -0.244. The molecule has 0 spiro atoms. The Morgan fingerprint density at radius 2 is 1.88 bits per heavy atom. The van der Waals surface area contributed by atoms with Crippen LogP contribution in [0.4, 0.5) is 15.8 Å². The van der Waals surface area contributed by atoms with Crippen molar-refractivity contribution in [2.75, 3.05) is 11.1 Å². The Kier molecular flexibility index (Phi) is 3.05. The van der Waals surface area contributed by atoms with Crippen LogP contribution in [0.1, 0.15) is 5.56 Å². The number of anilines is 2. The fourth-order valence-electron chi connectivity index (χ4n) is 1.50. The van der Waals surface area contributed by atoms with Crippen molar-refractivity contribution < 1.29 is 4.39 Å². The maximum atomic E-state index is 13.3. The second kappa shape index (κ2) is 4.66. The van der Waals surface area contributed by atoms with Crippen molar-refractivity contribution in [3.8, 4) is 0 Å². The molecule has 3 N–H and O–H groups in total. The third-order valence-corrected chi connectivity index (χ3v) is 2.31. The van der Waals surface area contributed by atoms with Gasteiger partial charge in [0.2, 0.25) is 0 Å². The highest BCUT2D eigenvalue weighted by molar-refractivity contribution is 5.46. The van der Waals surface area contributed by atoms with Crippen molar-refractivity contribution >= 4 is 11.4 Å². The highest BCUT2D eigenvalue weighted by Gasteiger charge is 1.99. The van der Waals surface area contributed by atoms with Crippen molar-refractivity contribution in [2.45, 2.75) is 6.54 Å². The van der Waals surface area contributed by atoms with E-state index in [2.05, 4.69) is 5.32 Å². The zero-order valence-electron chi connectivity index (χ0n) is 8.78. The van der Waals surface area contributed by atoms with E-state index in [0.29, 0.717) is 17.9 Å². The minimum absolute atomic E-state index is 0.244. The smallest absolute Gasteiger partial charge is 0.146 e. The van der Waals surface area contributed by atoms with E-state index in [1.807, 2.05) is 24.3 Å². The average molecular weight is 216 g/mol. The first-order valence-corrected chi connectivity index (χ1v) is 5.08. The van der Waals surface area contributed by atoms with E-state index < -0.39 is 0 Å². The molecule has 0 bridgehead atoms. The quantitative estimate of drug-likeness (QED) is 0.774. The van der Waals surface area contributed by atoms with Gasteiger partial charge in [0.05, 0.1) is 5.69 Å². The molecule has 2 rings (SSSR count). The van der Waals surface area contributed by atoms with Crippen LogP contribution in [-0.2, 0) is 6.54 Å². The number of nitrogens with two attached hydrogens (primary N) is 1. The summed E-state index contributed by atoms with van der Waals surface area (Å²) in [6.07, 6.45) is 0. The van der Waals surface area contributed by atoms with Crippen molar-refractivity contribution in [3.05, 3.63) is 59.9 Å². The summed E-state index contributed by atoms with van der Waals surface area (Å²) in [5.41, 5.74) is 7.91. The van der Waals surface area contributed by atoms with Gasteiger partial charge in [-0.3, -0.25) is 0 Å². The Morgan fingerprint density at radius 1 is 1.06 bits per heavy atom. The normalized spacial score (nSPS) is 10.1. The topological polar surface area (TPSA) is 38.0 Å². The lowest BCUT2D eigenvalue weighted by Gasteiger charge is -2.07. The lowest BCUT2D eigenvalue weighted by molar-refractivity contribution is 0.630. The van der Waals surface area contributed by atoms with Crippen molar-refractivity contribution in [1.82, 2.24) is 0 Å². The molecule has 0 amide bonds. The van der Waals surface area contributed by atoms with Crippen LogP contribution in [-0.4, -0.2) is 0 Å². The molecule has 0 saturated carbocycles. The lowest BCUT2D eigenvalue weighted by Crippen LogP contribution is -2.01. The van der Waals surface area contributed by atoms with E-state index in [-0.39, 0.29) is 5.82 Å². The number of nitrogen functional groups attached to an aromatic ring is 1. The molecule has 0 saturated heterocycles. The van der Waals surface area contributed by atoms with Crippen LogP contribution in [0.3, 0.4) is 0 Å². The summed E-state index contributed by atoms with van der Waals surface area (Å²) in [5, 5.41) is 3.03. The van der Waals surface area contributed by atoms with Gasteiger partial charge in [-0.2, -0.15) is 0 Å². The Bertz CT molecular complexity index is 483. The maximum absolute atomic E-state index is 13.3. The van der Waals surface area contributed by atoms with E-state index >= 15 is 0 Å². The molecule has 2 aromatic rings. The van der Waals surface area contributed by atoms with Crippen LogP contribution in [0, 0.1) is 5.82 Å². The predicted molar refractivity (Wildman–Crippen MR) is 64.6 cm³/mol. The van der Waals surface area contributed by atoms with E-state index in [1.165, 1.54) is 6.07 Å². The molecule has 0 atom stereocenters. The summed E-state index contributed by atoms with van der Waals surface area (Å²) in [7, 11) is 0. The molecule has 0 heterocycles. The zero-order valence-corrected chi connectivity index (χ0v) is 8.78. The molecule has 0 fully saturated rings. The Hall–Kier alpha value is -2.03. The molecule has 0 aliphatic carbocycles. The number of rotatable bonds is 3. The first kappa shape index (κ1) is 10.5. The third kappa shape index (κ3) is 2.51. The number of benzene rings is 2. The van der Waals surface area contributed by atoms with E-state index in [9.17, 15) is 4.39 Å². The Labute approximate surface area is 93.9 Å². The molecule has 0 aromatic heterocycles. The van der Waals surface area contributed by atoms with Gasteiger partial charge in [-0.25, -0.2) is 4.39 Å². The fourth-order valence-corrected chi connectivity index (χ4v) is 1.50. The van der Waals surface area contributed by atoms with E-state index in [0.717, 1.165) is 5.56 Å². The van der Waals surface area contributed by atoms with Crippen LogP contribution < -0.4 is 11.1 Å². The van der Waals surface area contributed by atoms with Gasteiger partial charge in [0.1, 0.15) is 5.82 Å². The molecular formula is C13H13FN2. The minimum atomic E-state index is -0.244. The second-order valence-electron chi connectivity index (χ2n) is 3.58. The van der Waals surface area contributed by atoms with Crippen LogP contribution >= 0.6 is 0 Å². The summed E-state index contributed by atoms with van der Waals surface area (Å²) in [4.78, 5) is 0. The number of nitrogens with one attached hydrogen (secondary N) is 1. The standard InChI is InChI=1S/C13H13FN2/c14-12-6-1-2-7-13(12)16-9-10-4-3-5-11(15)8-10/h1-8,16H,9,15H2. The van der Waals surface area contributed by atoms with Gasteiger partial charge < -0.3 is 11.1 Å². The van der Waals surface area contributed by atoms with E-state index in [4.69, 9.17) is 5.73 Å². The van der Waals surface area contributed by atoms with Gasteiger partial charge >= 0.3 is 0 Å². The van der Waals surface area contributed by atoms with Gasteiger partial charge in [-0.1, -0.05) is 24.3 Å². The van der Waals surface area contributed by atoms with Gasteiger partial charge in [-0.15, -0.1) is 0 Å². The lowest BCUT2D eigenvalue weighted by atomic mass is 10.2. The van der Waals surface area contributed by atoms with Gasteiger partial charge in [0.15, 0.2) is 0 Å². The molecule has 16 heavy (non-hydrogen) atoms. The minimum Gasteiger partial charge on any atom is -0.399 e. The summed E-state index contributed by atoms with van der Waals surface area (Å²) < 4.78 is 13.3. The Balaban J connectivity index is 2.05. The molecule has 2 nitrogen and oxygen atoms in total. The Morgan fingerprint density at radius 3 is 2.62 bits per heavy atom. The number of halogens is 1. The maximum Gasteiger partial charge on any atom is 0.146 e. The van der Waals surface area contributed by atoms with Crippen molar-refractivity contribution in [1.29, 1.82) is 0 Å². The van der Waals surface area contributed by atoms with Crippen LogP contribution in [0.25, 0.3) is 0 Å². The largest absolute Gasteiger partial charge is 0.399 e. The van der Waals surface area contributed by atoms with Crippen LogP contribution in [0.15, 0.2) is 48.5 Å². The first-order valence-electron chi connectivity index (χ1n) is 5.08. The molecule has 0 aliphatic rings. The zero-order chi connectivity index (χ0) is 11.4. The highest BCUT2D eigenvalue weighted by Crippen LogP contribution is 2.14. The van der Waals surface area contributed by atoms with Gasteiger partial charge in [0.25, 0.3) is 0 Å². The molecule has 3 heteroatoms. The third-order valence-electron chi connectivity index (χ3n) is 2.31. The number of hydrogen-bond donors (Lipinski definition) is 2. The molecule has 0 unspecified atom stereocenters. The predicted octanol–water partition coefficient (Wildman–Crippen LogP) is 3.02. The summed E-state index contributed by atoms with van der Waals surface area (Å²) >= 11 is 0. The first-order chi connectivity index (χ1) is 7.75. The number of para-hydroxylation sites is 1. The molecule has 0 radical (unpaired) electrons. The molecule has 2 aromatic carbocycles. The highest BCUT2D eigenvalue weighted by atomic mass is 19.1. The van der Waals surface area contributed by atoms with Crippen molar-refractivity contribution in [3.63, 3.8) is 0 Å². The number of hydrogen-bond acceptors (Lipinski definition) is 2. The molecular weight excluding hydrogens is 203 g/mol. The molecule has 0 aliphatic heterocycles. The fraction of sp³-hybridized carbons (Fsp3) is 0.0769.